The molecule has 0 spiro atoms. The second kappa shape index (κ2) is 3.18. The van der Waals surface area contributed by atoms with Gasteiger partial charge in [0.15, 0.2) is 6.23 Å². The number of hydrogen-bond donors (Lipinski definition) is 0. The summed E-state index contributed by atoms with van der Waals surface area (Å²) in [6.07, 6.45) is 4.34. The molecule has 0 N–H and O–H groups in total. The number of imidazole rings is 1. The fourth-order valence-corrected chi connectivity index (χ4v) is 1.15. The Balaban J connectivity index is 1.92. The summed E-state index contributed by atoms with van der Waals surface area (Å²) in [5.41, 5.74) is 0. The van der Waals surface area contributed by atoms with E-state index in [0.29, 0.717) is 6.61 Å². The molecule has 2 unspecified atom stereocenters. The molecule has 13 heavy (non-hydrogen) atoms. The van der Waals surface area contributed by atoms with E-state index in [1.165, 1.54) is 0 Å². The molecule has 1 fully saturated rings. The smallest absolute Gasteiger partial charge is 0.340 e. The molecule has 5 heteroatoms. The van der Waals surface area contributed by atoms with Gasteiger partial charge in [0, 0.05) is 12.4 Å². The van der Waals surface area contributed by atoms with Gasteiger partial charge < -0.3 is 14.0 Å². The molecule has 0 radical (unpaired) electrons. The van der Waals surface area contributed by atoms with Crippen LogP contribution in [0.3, 0.4) is 0 Å². The molecular weight excluding hydrogens is 172 g/mol. The Kier molecular flexibility index (Phi) is 2.02. The first-order valence-corrected chi connectivity index (χ1v) is 4.12. The summed E-state index contributed by atoms with van der Waals surface area (Å²) in [4.78, 5) is 15.0. The molecule has 0 aromatic carbocycles. The quantitative estimate of drug-likeness (QED) is 0.499. The molecule has 0 aliphatic carbocycles. The average molecular weight is 182 g/mol. The van der Waals surface area contributed by atoms with Gasteiger partial charge in [-0.25, -0.2) is 9.78 Å². The first-order chi connectivity index (χ1) is 6.33. The van der Waals surface area contributed by atoms with Crippen molar-refractivity contribution in [2.24, 2.45) is 0 Å². The van der Waals surface area contributed by atoms with E-state index in [4.69, 9.17) is 9.47 Å². The summed E-state index contributed by atoms with van der Waals surface area (Å²) in [6.45, 7) is 2.15. The number of esters is 1. The second-order valence-corrected chi connectivity index (χ2v) is 2.71. The number of epoxide rings is 1. The molecular formula is C8H10N2O3. The highest BCUT2D eigenvalue weighted by atomic mass is 16.7. The van der Waals surface area contributed by atoms with Crippen molar-refractivity contribution in [3.8, 4) is 0 Å². The average Bonchev–Trinajstić information content (AvgIpc) is 2.74. The Morgan fingerprint density at radius 1 is 1.77 bits per heavy atom. The van der Waals surface area contributed by atoms with E-state index >= 15 is 0 Å². The lowest BCUT2D eigenvalue weighted by Gasteiger charge is -1.96. The number of aromatic nitrogens is 2. The minimum atomic E-state index is -0.450. The number of carbonyl (C=O) groups excluding carboxylic acids is 1. The minimum absolute atomic E-state index is 0.221. The van der Waals surface area contributed by atoms with Crippen LogP contribution >= 0.6 is 0 Å². The van der Waals surface area contributed by atoms with Gasteiger partial charge in [-0.3, -0.25) is 0 Å². The molecule has 0 saturated carbocycles. The lowest BCUT2D eigenvalue weighted by molar-refractivity contribution is -0.144. The van der Waals surface area contributed by atoms with Gasteiger partial charge in [0.1, 0.15) is 0 Å². The molecule has 0 amide bonds. The largest absolute Gasteiger partial charge is 0.464 e. The van der Waals surface area contributed by atoms with Crippen LogP contribution in [-0.4, -0.2) is 28.2 Å². The molecule has 1 aromatic heterocycles. The highest BCUT2D eigenvalue weighted by molar-refractivity contribution is 5.77. The van der Waals surface area contributed by atoms with E-state index in [9.17, 15) is 4.79 Å². The van der Waals surface area contributed by atoms with Crippen LogP contribution in [0.2, 0.25) is 0 Å². The molecule has 2 heterocycles. The molecule has 0 bridgehead atoms. The van der Waals surface area contributed by atoms with E-state index < -0.39 is 6.10 Å². The summed E-state index contributed by atoms with van der Waals surface area (Å²) >= 11 is 0. The van der Waals surface area contributed by atoms with Crippen LogP contribution in [0.15, 0.2) is 18.7 Å². The summed E-state index contributed by atoms with van der Waals surface area (Å²) in [5.74, 6) is -0.304. The Labute approximate surface area is 75.3 Å². The third-order valence-electron chi connectivity index (χ3n) is 1.81. The van der Waals surface area contributed by atoms with Crippen LogP contribution in [0.25, 0.3) is 0 Å². The summed E-state index contributed by atoms with van der Waals surface area (Å²) < 4.78 is 11.7. The molecule has 1 aliphatic rings. The molecule has 1 aromatic rings. The second-order valence-electron chi connectivity index (χ2n) is 2.71. The van der Waals surface area contributed by atoms with E-state index in [1.807, 2.05) is 0 Å². The summed E-state index contributed by atoms with van der Waals surface area (Å²) in [5, 5.41) is 0. The van der Waals surface area contributed by atoms with Gasteiger partial charge in [0.2, 0.25) is 6.10 Å². The first kappa shape index (κ1) is 8.25. The van der Waals surface area contributed by atoms with Crippen molar-refractivity contribution in [3.05, 3.63) is 18.7 Å². The molecule has 70 valence electrons. The van der Waals surface area contributed by atoms with E-state index in [2.05, 4.69) is 4.98 Å². The Morgan fingerprint density at radius 2 is 2.62 bits per heavy atom. The van der Waals surface area contributed by atoms with Crippen molar-refractivity contribution in [1.82, 2.24) is 9.55 Å². The lowest BCUT2D eigenvalue weighted by atomic mass is 10.4. The zero-order chi connectivity index (χ0) is 9.26. The number of hydrogen-bond acceptors (Lipinski definition) is 4. The van der Waals surface area contributed by atoms with Crippen LogP contribution < -0.4 is 0 Å². The molecule has 1 saturated heterocycles. The standard InChI is InChI=1S/C8H10N2O3/c1-2-12-8(11)6-7(13-6)10-4-3-9-5-10/h3-7H,2H2,1H3. The number of nitrogens with zero attached hydrogens (tertiary/aromatic N) is 2. The van der Waals surface area contributed by atoms with Crippen molar-refractivity contribution < 1.29 is 14.3 Å². The molecule has 2 rings (SSSR count). The normalized spacial score (nSPS) is 25.6. The SMILES string of the molecule is CCOC(=O)C1OC1n1ccnc1. The zero-order valence-electron chi connectivity index (χ0n) is 7.21. The van der Waals surface area contributed by atoms with Crippen LogP contribution in [0.1, 0.15) is 13.2 Å². The number of rotatable bonds is 3. The van der Waals surface area contributed by atoms with Crippen LogP contribution in [0.5, 0.6) is 0 Å². The van der Waals surface area contributed by atoms with Gasteiger partial charge in [-0.05, 0) is 6.92 Å². The fraction of sp³-hybridized carbons (Fsp3) is 0.500. The van der Waals surface area contributed by atoms with Crippen LogP contribution in [0, 0.1) is 0 Å². The molecule has 5 nitrogen and oxygen atoms in total. The maximum absolute atomic E-state index is 11.1. The topological polar surface area (TPSA) is 56.6 Å². The Bertz CT molecular complexity index is 296. The summed E-state index contributed by atoms with van der Waals surface area (Å²) in [7, 11) is 0. The van der Waals surface area contributed by atoms with E-state index in [0.717, 1.165) is 0 Å². The highest BCUT2D eigenvalue weighted by Gasteiger charge is 2.47. The van der Waals surface area contributed by atoms with Gasteiger partial charge >= 0.3 is 5.97 Å². The van der Waals surface area contributed by atoms with Crippen LogP contribution in [-0.2, 0) is 14.3 Å². The van der Waals surface area contributed by atoms with Gasteiger partial charge in [-0.15, -0.1) is 0 Å². The third kappa shape index (κ3) is 1.55. The maximum atomic E-state index is 11.1. The predicted molar refractivity (Wildman–Crippen MR) is 42.8 cm³/mol. The molecule has 2 atom stereocenters. The number of carbonyl (C=O) groups is 1. The Morgan fingerprint density at radius 3 is 3.23 bits per heavy atom. The van der Waals surface area contributed by atoms with Crippen molar-refractivity contribution >= 4 is 5.97 Å². The van der Waals surface area contributed by atoms with Gasteiger partial charge in [-0.2, -0.15) is 0 Å². The van der Waals surface area contributed by atoms with Gasteiger partial charge in [0.05, 0.1) is 12.9 Å². The van der Waals surface area contributed by atoms with E-state index in [1.54, 1.807) is 30.2 Å². The zero-order valence-corrected chi connectivity index (χ0v) is 7.21. The van der Waals surface area contributed by atoms with Crippen LogP contribution in [0.4, 0.5) is 0 Å². The molecule has 1 aliphatic heterocycles. The summed E-state index contributed by atoms with van der Waals surface area (Å²) in [6, 6.07) is 0. The highest BCUT2D eigenvalue weighted by Crippen LogP contribution is 2.33. The minimum Gasteiger partial charge on any atom is -0.464 e. The Hall–Kier alpha value is -1.36. The van der Waals surface area contributed by atoms with Crippen molar-refractivity contribution in [2.45, 2.75) is 19.3 Å². The third-order valence-corrected chi connectivity index (χ3v) is 1.81. The first-order valence-electron chi connectivity index (χ1n) is 4.12. The lowest BCUT2D eigenvalue weighted by Crippen LogP contribution is -2.13. The van der Waals surface area contributed by atoms with Gasteiger partial charge in [0.25, 0.3) is 0 Å². The van der Waals surface area contributed by atoms with E-state index in [-0.39, 0.29) is 12.2 Å². The fourth-order valence-electron chi connectivity index (χ4n) is 1.15. The van der Waals surface area contributed by atoms with Crippen molar-refractivity contribution in [1.29, 1.82) is 0 Å². The monoisotopic (exact) mass is 182 g/mol. The van der Waals surface area contributed by atoms with Crippen molar-refractivity contribution in [3.63, 3.8) is 0 Å². The van der Waals surface area contributed by atoms with Gasteiger partial charge in [-0.1, -0.05) is 0 Å². The number of ether oxygens (including phenoxy) is 2. The maximum Gasteiger partial charge on any atom is 0.340 e. The predicted octanol–water partition coefficient (Wildman–Crippen LogP) is 0.344. The van der Waals surface area contributed by atoms with Crippen molar-refractivity contribution in [2.75, 3.05) is 6.61 Å².